The normalized spacial score (nSPS) is 22.7. The van der Waals surface area contributed by atoms with Gasteiger partial charge in [0, 0.05) is 0 Å². The standard InChI is InChI=1S/C8H13N5O/c1-7(2)5-10-11-12-13(5)8(3,4)6(14)9-7/h1-4H3,(H,9,14). The summed E-state index contributed by atoms with van der Waals surface area (Å²) >= 11 is 0. The van der Waals surface area contributed by atoms with Crippen LogP contribution in [0.4, 0.5) is 0 Å². The van der Waals surface area contributed by atoms with Crippen molar-refractivity contribution in [3.63, 3.8) is 0 Å². The van der Waals surface area contributed by atoms with Gasteiger partial charge in [0.1, 0.15) is 5.54 Å². The summed E-state index contributed by atoms with van der Waals surface area (Å²) in [6, 6.07) is 0. The molecule has 0 atom stereocenters. The fourth-order valence-electron chi connectivity index (χ4n) is 1.54. The first-order chi connectivity index (χ1) is 6.36. The fourth-order valence-corrected chi connectivity index (χ4v) is 1.54. The Morgan fingerprint density at radius 3 is 2.57 bits per heavy atom. The van der Waals surface area contributed by atoms with Crippen LogP contribution < -0.4 is 5.32 Å². The van der Waals surface area contributed by atoms with Crippen LogP contribution in [-0.4, -0.2) is 26.1 Å². The molecular weight excluding hydrogens is 182 g/mol. The summed E-state index contributed by atoms with van der Waals surface area (Å²) in [7, 11) is 0. The lowest BCUT2D eigenvalue weighted by atomic mass is 9.94. The minimum Gasteiger partial charge on any atom is -0.342 e. The zero-order valence-corrected chi connectivity index (χ0v) is 8.70. The molecule has 0 radical (unpaired) electrons. The molecule has 1 N–H and O–H groups in total. The largest absolute Gasteiger partial charge is 0.342 e. The summed E-state index contributed by atoms with van der Waals surface area (Å²) in [4.78, 5) is 11.8. The smallest absolute Gasteiger partial charge is 0.248 e. The monoisotopic (exact) mass is 195 g/mol. The van der Waals surface area contributed by atoms with Crippen LogP contribution in [0.2, 0.25) is 0 Å². The van der Waals surface area contributed by atoms with Gasteiger partial charge in [-0.05, 0) is 38.1 Å². The van der Waals surface area contributed by atoms with E-state index in [-0.39, 0.29) is 5.91 Å². The molecule has 1 amide bonds. The van der Waals surface area contributed by atoms with E-state index >= 15 is 0 Å². The van der Waals surface area contributed by atoms with E-state index in [1.54, 1.807) is 18.5 Å². The van der Waals surface area contributed by atoms with Crippen molar-refractivity contribution in [3.8, 4) is 0 Å². The summed E-state index contributed by atoms with van der Waals surface area (Å²) in [5, 5.41) is 14.3. The van der Waals surface area contributed by atoms with Crippen molar-refractivity contribution in [3.05, 3.63) is 5.82 Å². The van der Waals surface area contributed by atoms with Crippen molar-refractivity contribution >= 4 is 5.91 Å². The Balaban J connectivity index is 2.65. The number of carbonyl (C=O) groups excluding carboxylic acids is 1. The molecule has 0 bridgehead atoms. The van der Waals surface area contributed by atoms with Gasteiger partial charge in [0.05, 0.1) is 5.54 Å². The first kappa shape index (κ1) is 9.11. The molecular formula is C8H13N5O. The van der Waals surface area contributed by atoms with Gasteiger partial charge < -0.3 is 5.32 Å². The molecule has 6 nitrogen and oxygen atoms in total. The van der Waals surface area contributed by atoms with E-state index in [4.69, 9.17) is 0 Å². The van der Waals surface area contributed by atoms with Gasteiger partial charge in [0.25, 0.3) is 0 Å². The van der Waals surface area contributed by atoms with Gasteiger partial charge in [-0.25, -0.2) is 4.68 Å². The van der Waals surface area contributed by atoms with Gasteiger partial charge in [-0.2, -0.15) is 0 Å². The van der Waals surface area contributed by atoms with Crippen LogP contribution in [0, 0.1) is 0 Å². The Morgan fingerprint density at radius 1 is 1.29 bits per heavy atom. The van der Waals surface area contributed by atoms with Crippen LogP contribution >= 0.6 is 0 Å². The van der Waals surface area contributed by atoms with Crippen molar-refractivity contribution in [2.24, 2.45) is 0 Å². The van der Waals surface area contributed by atoms with Crippen LogP contribution in [0.1, 0.15) is 33.5 Å². The van der Waals surface area contributed by atoms with E-state index in [1.807, 2.05) is 13.8 Å². The third-order valence-corrected chi connectivity index (χ3v) is 2.54. The zero-order valence-electron chi connectivity index (χ0n) is 8.70. The van der Waals surface area contributed by atoms with E-state index in [2.05, 4.69) is 20.8 Å². The molecule has 0 aliphatic carbocycles. The number of tetrazole rings is 1. The highest BCUT2D eigenvalue weighted by atomic mass is 16.2. The average Bonchev–Trinajstić information content (AvgIpc) is 2.49. The quantitative estimate of drug-likeness (QED) is 0.620. The maximum Gasteiger partial charge on any atom is 0.248 e. The van der Waals surface area contributed by atoms with Crippen molar-refractivity contribution < 1.29 is 4.79 Å². The number of carbonyl (C=O) groups is 1. The lowest BCUT2D eigenvalue weighted by Crippen LogP contribution is -2.58. The fraction of sp³-hybridized carbons (Fsp3) is 0.750. The molecule has 0 fully saturated rings. The Bertz CT molecular complexity index is 392. The Hall–Kier alpha value is -1.46. The summed E-state index contributed by atoms with van der Waals surface area (Å²) in [6.07, 6.45) is 0. The second-order valence-corrected chi connectivity index (χ2v) is 4.55. The SMILES string of the molecule is CC1(C)NC(=O)C(C)(C)n2nnnc21. The predicted octanol–water partition coefficient (Wildman–Crippen LogP) is -0.227. The molecule has 6 heteroatoms. The van der Waals surface area contributed by atoms with Crippen LogP contribution in [0.15, 0.2) is 0 Å². The molecule has 1 aliphatic heterocycles. The number of rotatable bonds is 0. The number of nitrogens with zero attached hydrogens (tertiary/aromatic N) is 4. The van der Waals surface area contributed by atoms with Crippen molar-refractivity contribution in [1.29, 1.82) is 0 Å². The van der Waals surface area contributed by atoms with Gasteiger partial charge in [0.15, 0.2) is 5.82 Å². The second-order valence-electron chi connectivity index (χ2n) is 4.55. The maximum atomic E-state index is 11.8. The molecule has 0 saturated heterocycles. The summed E-state index contributed by atoms with van der Waals surface area (Å²) < 4.78 is 1.58. The first-order valence-corrected chi connectivity index (χ1v) is 4.47. The molecule has 0 unspecified atom stereocenters. The molecule has 1 aliphatic rings. The minimum absolute atomic E-state index is 0.0673. The van der Waals surface area contributed by atoms with E-state index in [0.717, 1.165) is 0 Å². The molecule has 76 valence electrons. The third kappa shape index (κ3) is 0.964. The summed E-state index contributed by atoms with van der Waals surface area (Å²) in [6.45, 7) is 7.33. The van der Waals surface area contributed by atoms with Gasteiger partial charge in [0.2, 0.25) is 5.91 Å². The van der Waals surface area contributed by atoms with Crippen LogP contribution in [0.3, 0.4) is 0 Å². The number of hydrogen-bond donors (Lipinski definition) is 1. The molecule has 0 saturated carbocycles. The highest BCUT2D eigenvalue weighted by Crippen LogP contribution is 2.28. The summed E-state index contributed by atoms with van der Waals surface area (Å²) in [5.41, 5.74) is -1.22. The van der Waals surface area contributed by atoms with Gasteiger partial charge in [-0.3, -0.25) is 4.79 Å². The highest BCUT2D eigenvalue weighted by molar-refractivity contribution is 5.85. The molecule has 2 rings (SSSR count). The lowest BCUT2D eigenvalue weighted by molar-refractivity contribution is -0.133. The third-order valence-electron chi connectivity index (χ3n) is 2.54. The van der Waals surface area contributed by atoms with E-state index in [9.17, 15) is 4.79 Å². The molecule has 0 spiro atoms. The van der Waals surface area contributed by atoms with E-state index in [0.29, 0.717) is 5.82 Å². The maximum absolute atomic E-state index is 11.8. The lowest BCUT2D eigenvalue weighted by Gasteiger charge is -2.37. The Labute approximate surface area is 81.7 Å². The number of aromatic nitrogens is 4. The molecule has 0 aromatic carbocycles. The van der Waals surface area contributed by atoms with E-state index in [1.165, 1.54) is 0 Å². The van der Waals surface area contributed by atoms with Gasteiger partial charge in [-0.15, -0.1) is 5.10 Å². The molecule has 2 heterocycles. The first-order valence-electron chi connectivity index (χ1n) is 4.47. The number of amides is 1. The average molecular weight is 195 g/mol. The Morgan fingerprint density at radius 2 is 1.93 bits per heavy atom. The second kappa shape index (κ2) is 2.31. The topological polar surface area (TPSA) is 72.7 Å². The molecule has 1 aromatic rings. The van der Waals surface area contributed by atoms with Crippen LogP contribution in [0.5, 0.6) is 0 Å². The Kier molecular flexibility index (Phi) is 1.51. The van der Waals surface area contributed by atoms with E-state index < -0.39 is 11.1 Å². The van der Waals surface area contributed by atoms with Crippen LogP contribution in [0.25, 0.3) is 0 Å². The van der Waals surface area contributed by atoms with Crippen molar-refractivity contribution in [2.75, 3.05) is 0 Å². The van der Waals surface area contributed by atoms with Crippen LogP contribution in [-0.2, 0) is 15.9 Å². The number of hydrogen-bond acceptors (Lipinski definition) is 4. The van der Waals surface area contributed by atoms with Gasteiger partial charge in [-0.1, -0.05) is 0 Å². The number of fused-ring (bicyclic) bond motifs is 1. The van der Waals surface area contributed by atoms with Gasteiger partial charge >= 0.3 is 0 Å². The molecule has 1 aromatic heterocycles. The predicted molar refractivity (Wildman–Crippen MR) is 48.3 cm³/mol. The van der Waals surface area contributed by atoms with Crippen molar-refractivity contribution in [1.82, 2.24) is 25.5 Å². The molecule has 14 heavy (non-hydrogen) atoms. The minimum atomic E-state index is -0.714. The number of nitrogens with one attached hydrogen (secondary N) is 1. The van der Waals surface area contributed by atoms with Crippen molar-refractivity contribution in [2.45, 2.75) is 38.8 Å². The highest BCUT2D eigenvalue weighted by Gasteiger charge is 2.45. The zero-order chi connectivity index (χ0) is 10.6. The summed E-state index contributed by atoms with van der Waals surface area (Å²) in [5.74, 6) is 0.615.